The summed E-state index contributed by atoms with van der Waals surface area (Å²) in [7, 11) is 2.09. The van der Waals surface area contributed by atoms with Crippen LogP contribution in [0, 0.1) is 18.5 Å². The van der Waals surface area contributed by atoms with E-state index in [1.165, 1.54) is 38.9 Å². The molecule has 5 nitrogen and oxygen atoms in total. The van der Waals surface area contributed by atoms with E-state index < -0.39 is 5.41 Å². The van der Waals surface area contributed by atoms with Crippen molar-refractivity contribution in [2.24, 2.45) is 7.05 Å². The normalized spacial score (nSPS) is 13.8. The van der Waals surface area contributed by atoms with Gasteiger partial charge in [-0.05, 0) is 73.4 Å². The number of fused-ring (bicyclic) bond motifs is 11. The number of imidazole rings is 1. The molecule has 6 aromatic carbocycles. The van der Waals surface area contributed by atoms with E-state index in [-0.39, 0.29) is 31.9 Å². The third-order valence-corrected chi connectivity index (χ3v) is 12.4. The van der Waals surface area contributed by atoms with Crippen LogP contribution in [-0.2, 0) is 44.4 Å². The third-order valence-electron chi connectivity index (χ3n) is 12.4. The first-order chi connectivity index (χ1) is 28.4. The molecule has 6 heteroatoms. The zero-order valence-electron chi connectivity index (χ0n) is 34.8. The van der Waals surface area contributed by atoms with Gasteiger partial charge in [0.15, 0.2) is 0 Å². The van der Waals surface area contributed by atoms with Crippen LogP contribution in [0.1, 0.15) is 86.1 Å². The molecule has 0 fully saturated rings. The van der Waals surface area contributed by atoms with Crippen molar-refractivity contribution in [1.29, 1.82) is 0 Å². The van der Waals surface area contributed by atoms with Crippen LogP contribution < -0.4 is 9.30 Å². The summed E-state index contributed by atoms with van der Waals surface area (Å²) in [6.45, 7) is 14.0. The van der Waals surface area contributed by atoms with Gasteiger partial charge in [0.05, 0.1) is 18.1 Å². The van der Waals surface area contributed by atoms with Gasteiger partial charge >= 0.3 is 0 Å². The van der Waals surface area contributed by atoms with Gasteiger partial charge in [-0.25, -0.2) is 4.98 Å². The first-order valence-corrected chi connectivity index (χ1v) is 20.5. The van der Waals surface area contributed by atoms with Gasteiger partial charge in [0.25, 0.3) is 0 Å². The first kappa shape index (κ1) is 38.2. The number of aromatic nitrogens is 4. The van der Waals surface area contributed by atoms with E-state index in [9.17, 15) is 0 Å². The topological polar surface area (TPSA) is 35.9 Å². The predicted molar refractivity (Wildman–Crippen MR) is 238 cm³/mol. The van der Waals surface area contributed by atoms with Crippen LogP contribution in [0.15, 0.2) is 128 Å². The van der Waals surface area contributed by atoms with Gasteiger partial charge < -0.3 is 18.4 Å². The Labute approximate surface area is 365 Å². The average Bonchev–Trinajstić information content (AvgIpc) is 3.69. The minimum absolute atomic E-state index is 0. The van der Waals surface area contributed by atoms with Crippen LogP contribution in [-0.4, -0.2) is 14.1 Å². The molecule has 0 saturated carbocycles. The molecule has 0 amide bonds. The Hall–Kier alpha value is -6.03. The van der Waals surface area contributed by atoms with Crippen LogP contribution in [0.2, 0.25) is 0 Å². The van der Waals surface area contributed by atoms with Crippen molar-refractivity contribution < 1.29 is 30.4 Å². The average molecular weight is 960 g/mol. The molecule has 1 spiro atoms. The fraction of sp³-hybridized carbons (Fsp3) is 0.185. The quantitative estimate of drug-likeness (QED) is 0.131. The van der Waals surface area contributed by atoms with Crippen LogP contribution in [0.4, 0.5) is 0 Å². The second-order valence-electron chi connectivity index (χ2n) is 18.1. The summed E-state index contributed by atoms with van der Waals surface area (Å²) in [4.78, 5) is 4.73. The van der Waals surface area contributed by atoms with E-state index in [1.807, 2.05) is 30.5 Å². The van der Waals surface area contributed by atoms with Crippen molar-refractivity contribution in [3.8, 4) is 23.0 Å². The van der Waals surface area contributed by atoms with Crippen molar-refractivity contribution in [1.82, 2.24) is 14.1 Å². The van der Waals surface area contributed by atoms with Crippen LogP contribution in [0.5, 0.6) is 11.5 Å². The molecule has 298 valence electrons. The summed E-state index contributed by atoms with van der Waals surface area (Å²) in [5, 5.41) is 2.23. The van der Waals surface area contributed by atoms with Crippen molar-refractivity contribution in [2.75, 3.05) is 0 Å². The number of benzene rings is 6. The van der Waals surface area contributed by atoms with E-state index in [0.717, 1.165) is 49.9 Å². The second kappa shape index (κ2) is 13.5. The van der Waals surface area contributed by atoms with E-state index >= 15 is 0 Å². The molecule has 1 aliphatic heterocycles. The Morgan fingerprint density at radius 1 is 0.633 bits per heavy atom. The summed E-state index contributed by atoms with van der Waals surface area (Å²) in [5.74, 6) is 2.04. The molecule has 4 heterocycles. The Morgan fingerprint density at radius 3 is 1.97 bits per heavy atom. The van der Waals surface area contributed by atoms with Crippen LogP contribution in [0.3, 0.4) is 0 Å². The maximum Gasteiger partial charge on any atom is 0.242 e. The minimum Gasteiger partial charge on any atom is -0.510 e. The van der Waals surface area contributed by atoms with E-state index in [2.05, 4.69) is 190 Å². The van der Waals surface area contributed by atoms with Gasteiger partial charge in [0.2, 0.25) is 6.33 Å². The molecule has 0 saturated heterocycles. The number of rotatable bonds is 3. The molecule has 0 atom stereocenters. The van der Waals surface area contributed by atoms with Gasteiger partial charge in [-0.15, -0.1) is 35.2 Å². The van der Waals surface area contributed by atoms with Gasteiger partial charge in [-0.2, -0.15) is 12.1 Å². The molecule has 1 aliphatic carbocycles. The molecule has 11 rings (SSSR count). The largest absolute Gasteiger partial charge is 0.510 e. The number of nitrogens with zero attached hydrogens (tertiary/aromatic N) is 4. The Morgan fingerprint density at radius 2 is 1.28 bits per heavy atom. The minimum atomic E-state index is -0.713. The summed E-state index contributed by atoms with van der Waals surface area (Å²) >= 11 is 0. The van der Waals surface area contributed by atoms with Gasteiger partial charge in [0.1, 0.15) is 5.82 Å². The maximum atomic E-state index is 6.83. The zero-order chi connectivity index (χ0) is 40.4. The molecule has 0 radical (unpaired) electrons. The number of ether oxygens (including phenoxy) is 1. The van der Waals surface area contributed by atoms with Crippen LogP contribution >= 0.6 is 0 Å². The van der Waals surface area contributed by atoms with E-state index in [4.69, 9.17) is 9.72 Å². The fourth-order valence-corrected chi connectivity index (χ4v) is 10.0. The van der Waals surface area contributed by atoms with Crippen molar-refractivity contribution in [3.63, 3.8) is 0 Å². The van der Waals surface area contributed by atoms with E-state index in [1.54, 1.807) is 0 Å². The monoisotopic (exact) mass is 959 g/mol. The van der Waals surface area contributed by atoms with Gasteiger partial charge in [-0.1, -0.05) is 144 Å². The SMILES string of the molecule is C[n+]1[c-]n2c3c(cccc31)C1(c3ccc(Oc4[c-]c5c(cc4)c4ccccc4n5-c4ccccn4)[c-]c3-2)c2c(cccc2C(C)(C)C)C=Cc2cccc(C(C)(C)C)c21.[Pt]. The van der Waals surface area contributed by atoms with Crippen molar-refractivity contribution >= 4 is 45.0 Å². The number of hydrogen-bond donors (Lipinski definition) is 0. The number of para-hydroxylation sites is 2. The standard InChI is InChI=1S/C54H44N4O.Pt/c1-52(2,3)41-18-12-15-34-24-25-35-16-13-19-42(53(4,5)6)50(35)54(49(34)41)40-29-27-37(32-47(40)57-33-56(7)45-22-14-20-43(54)51(45)57)59-36-26-28-39-38-17-8-9-21-44(38)58(46(39)31-36)48-23-10-11-30-55-48;/h8-30H,1-7H3;/q-2;. The molecule has 0 bridgehead atoms. The molecule has 3 aromatic heterocycles. The summed E-state index contributed by atoms with van der Waals surface area (Å²) < 4.78 is 13.3. The zero-order valence-corrected chi connectivity index (χ0v) is 37.1. The van der Waals surface area contributed by atoms with Crippen molar-refractivity contribution in [3.05, 3.63) is 190 Å². The second-order valence-corrected chi connectivity index (χ2v) is 18.1. The number of pyridine rings is 1. The number of aryl methyl sites for hydroxylation is 1. The predicted octanol–water partition coefficient (Wildman–Crippen LogP) is 11.9. The summed E-state index contributed by atoms with van der Waals surface area (Å²) in [6, 6.07) is 50.9. The molecule has 0 N–H and O–H groups in total. The van der Waals surface area contributed by atoms with Gasteiger partial charge in [-0.3, -0.25) is 0 Å². The number of hydrogen-bond acceptors (Lipinski definition) is 2. The summed E-state index contributed by atoms with van der Waals surface area (Å²) in [6.07, 6.45) is 10.2. The van der Waals surface area contributed by atoms with Crippen molar-refractivity contribution in [2.45, 2.75) is 57.8 Å². The smallest absolute Gasteiger partial charge is 0.242 e. The Balaban J connectivity index is 0.00000433. The molecular formula is C54H44N4OPt-2. The van der Waals surface area contributed by atoms with Crippen LogP contribution in [0.25, 0.3) is 56.5 Å². The Bertz CT molecular complexity index is 3160. The maximum absolute atomic E-state index is 6.83. The molecule has 9 aromatic rings. The van der Waals surface area contributed by atoms with Gasteiger partial charge in [0, 0.05) is 49.7 Å². The van der Waals surface area contributed by atoms with E-state index in [0.29, 0.717) is 11.5 Å². The molecule has 60 heavy (non-hydrogen) atoms. The third kappa shape index (κ3) is 5.41. The first-order valence-electron chi connectivity index (χ1n) is 20.5. The molecule has 2 aliphatic rings. The summed E-state index contributed by atoms with van der Waals surface area (Å²) in [5.41, 5.74) is 14.2. The Kier molecular flexibility index (Phi) is 8.59. The molecule has 0 unspecified atom stereocenters. The fourth-order valence-electron chi connectivity index (χ4n) is 10.0. The molecular weight excluding hydrogens is 916 g/mol.